The molecular formula is C14H21F3N4O. The van der Waals surface area contributed by atoms with Crippen LogP contribution in [0.15, 0.2) is 18.5 Å². The summed E-state index contributed by atoms with van der Waals surface area (Å²) in [6.07, 6.45) is -1.86. The Morgan fingerprint density at radius 3 is 2.45 bits per heavy atom. The quantitative estimate of drug-likeness (QED) is 0.895. The minimum Gasteiger partial charge on any atom is -0.391 e. The molecule has 0 spiro atoms. The molecule has 1 fully saturated rings. The van der Waals surface area contributed by atoms with E-state index in [-0.39, 0.29) is 12.6 Å². The van der Waals surface area contributed by atoms with Crippen molar-refractivity contribution in [1.29, 1.82) is 0 Å². The van der Waals surface area contributed by atoms with E-state index in [1.54, 1.807) is 25.5 Å². The average molecular weight is 318 g/mol. The summed E-state index contributed by atoms with van der Waals surface area (Å²) in [7, 11) is 1.76. The summed E-state index contributed by atoms with van der Waals surface area (Å²) >= 11 is 0. The Labute approximate surface area is 127 Å². The maximum atomic E-state index is 12.2. The van der Waals surface area contributed by atoms with E-state index >= 15 is 0 Å². The Balaban J connectivity index is 1.79. The first-order valence-electron chi connectivity index (χ1n) is 7.32. The fourth-order valence-corrected chi connectivity index (χ4v) is 2.77. The van der Waals surface area contributed by atoms with Gasteiger partial charge in [0, 0.05) is 38.1 Å². The van der Waals surface area contributed by atoms with E-state index in [0.29, 0.717) is 5.95 Å². The highest BCUT2D eigenvalue weighted by Gasteiger charge is 2.32. The van der Waals surface area contributed by atoms with Crippen molar-refractivity contribution in [2.45, 2.75) is 37.6 Å². The number of rotatable bonds is 5. The molecule has 0 bridgehead atoms. The third-order valence-electron chi connectivity index (χ3n) is 3.89. The molecule has 1 N–H and O–H groups in total. The van der Waals surface area contributed by atoms with Crippen molar-refractivity contribution in [3.63, 3.8) is 0 Å². The van der Waals surface area contributed by atoms with Crippen LogP contribution in [0, 0.1) is 0 Å². The van der Waals surface area contributed by atoms with Gasteiger partial charge in [0.1, 0.15) is 0 Å². The Kier molecular flexibility index (Phi) is 5.57. The van der Waals surface area contributed by atoms with Crippen molar-refractivity contribution >= 4 is 5.95 Å². The number of alkyl halides is 3. The third kappa shape index (κ3) is 5.10. The highest BCUT2D eigenvalue weighted by molar-refractivity contribution is 5.29. The number of hydrogen-bond acceptors (Lipinski definition) is 5. The van der Waals surface area contributed by atoms with E-state index in [1.165, 1.54) is 0 Å². The van der Waals surface area contributed by atoms with Crippen molar-refractivity contribution in [3.8, 4) is 0 Å². The number of nitrogens with zero attached hydrogens (tertiary/aromatic N) is 4. The zero-order chi connectivity index (χ0) is 16.2. The lowest BCUT2D eigenvalue weighted by Gasteiger charge is -2.37. The van der Waals surface area contributed by atoms with Crippen LogP contribution in [0.2, 0.25) is 0 Å². The molecule has 0 aliphatic carbocycles. The van der Waals surface area contributed by atoms with Crippen LogP contribution in [0.1, 0.15) is 19.3 Å². The number of piperidine rings is 1. The fourth-order valence-electron chi connectivity index (χ4n) is 2.77. The van der Waals surface area contributed by atoms with Gasteiger partial charge in [0.2, 0.25) is 5.95 Å². The van der Waals surface area contributed by atoms with Gasteiger partial charge >= 0.3 is 6.18 Å². The molecule has 1 aromatic heterocycles. The van der Waals surface area contributed by atoms with E-state index < -0.39 is 18.7 Å². The van der Waals surface area contributed by atoms with Crippen molar-refractivity contribution in [2.75, 3.05) is 31.6 Å². The molecule has 1 aromatic rings. The van der Waals surface area contributed by atoms with E-state index in [1.807, 2.05) is 4.90 Å². The van der Waals surface area contributed by atoms with Gasteiger partial charge in [0.15, 0.2) is 0 Å². The van der Waals surface area contributed by atoms with Crippen molar-refractivity contribution < 1.29 is 18.3 Å². The predicted octanol–water partition coefficient (Wildman–Crippen LogP) is 1.69. The summed E-state index contributed by atoms with van der Waals surface area (Å²) in [5.41, 5.74) is 0. The van der Waals surface area contributed by atoms with Gasteiger partial charge in [0.05, 0.1) is 12.5 Å². The highest BCUT2D eigenvalue weighted by atomic mass is 19.4. The minimum atomic E-state index is -4.33. The average Bonchev–Trinajstić information content (AvgIpc) is 2.46. The molecule has 1 atom stereocenters. The lowest BCUT2D eigenvalue weighted by molar-refractivity contribution is -0.155. The molecule has 0 amide bonds. The van der Waals surface area contributed by atoms with E-state index in [2.05, 4.69) is 14.9 Å². The van der Waals surface area contributed by atoms with Crippen LogP contribution in [0.5, 0.6) is 0 Å². The first-order valence-corrected chi connectivity index (χ1v) is 7.32. The monoisotopic (exact) mass is 318 g/mol. The fraction of sp³-hybridized carbons (Fsp3) is 0.714. The van der Waals surface area contributed by atoms with Gasteiger partial charge in [-0.25, -0.2) is 9.97 Å². The molecule has 1 aliphatic heterocycles. The van der Waals surface area contributed by atoms with Gasteiger partial charge in [-0.2, -0.15) is 13.2 Å². The molecule has 124 valence electrons. The van der Waals surface area contributed by atoms with E-state index in [4.69, 9.17) is 0 Å². The molecule has 5 nitrogen and oxygen atoms in total. The number of hydrogen-bond donors (Lipinski definition) is 1. The molecule has 0 aromatic carbocycles. The largest absolute Gasteiger partial charge is 0.391 e. The van der Waals surface area contributed by atoms with Gasteiger partial charge in [-0.15, -0.1) is 0 Å². The maximum absolute atomic E-state index is 12.2. The molecule has 1 aliphatic rings. The molecule has 1 unspecified atom stereocenters. The van der Waals surface area contributed by atoms with Gasteiger partial charge in [0.25, 0.3) is 0 Å². The number of halogens is 3. The zero-order valence-corrected chi connectivity index (χ0v) is 12.5. The number of aliphatic hydroxyl groups excluding tert-OH is 1. The molecule has 2 rings (SSSR count). The lowest BCUT2D eigenvalue weighted by Crippen LogP contribution is -2.46. The first-order chi connectivity index (χ1) is 10.3. The summed E-state index contributed by atoms with van der Waals surface area (Å²) in [6.45, 7) is 1.55. The van der Waals surface area contributed by atoms with Crippen molar-refractivity contribution in [2.24, 2.45) is 0 Å². The number of aliphatic hydroxyl groups is 1. The lowest BCUT2D eigenvalue weighted by atomic mass is 10.0. The molecule has 0 saturated carbocycles. The van der Waals surface area contributed by atoms with Crippen LogP contribution < -0.4 is 4.90 Å². The Bertz CT molecular complexity index is 449. The second-order valence-corrected chi connectivity index (χ2v) is 5.68. The van der Waals surface area contributed by atoms with Crippen LogP contribution >= 0.6 is 0 Å². The number of likely N-dealkylation sites (N-methyl/N-ethyl adjacent to an activating group) is 1. The van der Waals surface area contributed by atoms with Crippen LogP contribution in [0.4, 0.5) is 19.1 Å². The summed E-state index contributed by atoms with van der Waals surface area (Å²) in [5.74, 6) is 0.681. The van der Waals surface area contributed by atoms with Crippen LogP contribution in [-0.4, -0.2) is 65.0 Å². The van der Waals surface area contributed by atoms with Crippen molar-refractivity contribution in [3.05, 3.63) is 18.5 Å². The van der Waals surface area contributed by atoms with E-state index in [9.17, 15) is 18.3 Å². The van der Waals surface area contributed by atoms with Gasteiger partial charge in [-0.1, -0.05) is 0 Å². The summed E-state index contributed by atoms with van der Waals surface area (Å²) in [4.78, 5) is 12.3. The van der Waals surface area contributed by atoms with Crippen LogP contribution in [-0.2, 0) is 0 Å². The minimum absolute atomic E-state index is 0.0337. The summed E-state index contributed by atoms with van der Waals surface area (Å²) in [6, 6.07) is 1.93. The SMILES string of the molecule is CN(CC(O)CC(F)(F)F)C1CCN(c2ncccn2)CC1. The first kappa shape index (κ1) is 17.0. The van der Waals surface area contributed by atoms with E-state index in [0.717, 1.165) is 25.9 Å². The Morgan fingerprint density at radius 1 is 1.32 bits per heavy atom. The molecule has 2 heterocycles. The van der Waals surface area contributed by atoms with Crippen molar-refractivity contribution in [1.82, 2.24) is 14.9 Å². The predicted molar refractivity (Wildman–Crippen MR) is 76.6 cm³/mol. The summed E-state index contributed by atoms with van der Waals surface area (Å²) < 4.78 is 36.7. The van der Waals surface area contributed by atoms with Crippen LogP contribution in [0.3, 0.4) is 0 Å². The van der Waals surface area contributed by atoms with Gasteiger partial charge in [-0.05, 0) is 26.0 Å². The summed E-state index contributed by atoms with van der Waals surface area (Å²) in [5, 5.41) is 9.52. The normalized spacial score (nSPS) is 18.7. The molecular weight excluding hydrogens is 297 g/mol. The molecule has 8 heteroatoms. The Morgan fingerprint density at radius 2 is 1.91 bits per heavy atom. The number of anilines is 1. The zero-order valence-electron chi connectivity index (χ0n) is 12.5. The molecule has 1 saturated heterocycles. The topological polar surface area (TPSA) is 52.5 Å². The second-order valence-electron chi connectivity index (χ2n) is 5.68. The van der Waals surface area contributed by atoms with Gasteiger partial charge in [-0.3, -0.25) is 0 Å². The highest BCUT2D eigenvalue weighted by Crippen LogP contribution is 2.23. The van der Waals surface area contributed by atoms with Crippen LogP contribution in [0.25, 0.3) is 0 Å². The van der Waals surface area contributed by atoms with Gasteiger partial charge < -0.3 is 14.9 Å². The molecule has 22 heavy (non-hydrogen) atoms. The molecule has 0 radical (unpaired) electrons. The second kappa shape index (κ2) is 7.23. The standard InChI is InChI=1S/C14H21F3N4O/c1-20(10-12(22)9-14(15,16)17)11-3-7-21(8-4-11)13-18-5-2-6-19-13/h2,5-6,11-12,22H,3-4,7-10H2,1H3. The third-order valence-corrected chi connectivity index (χ3v) is 3.89. The maximum Gasteiger partial charge on any atom is 0.391 e. The smallest absolute Gasteiger partial charge is 0.391 e. The number of aromatic nitrogens is 2. The Hall–Kier alpha value is -1.41.